The maximum Gasteiger partial charge on any atom is 0.317 e. The summed E-state index contributed by atoms with van der Waals surface area (Å²) in [7, 11) is 0. The van der Waals surface area contributed by atoms with Crippen LogP contribution in [0, 0.1) is 5.92 Å². The topological polar surface area (TPSA) is 180 Å². The number of nitrogens with one attached hydrogen (secondary N) is 2. The van der Waals surface area contributed by atoms with E-state index in [0.717, 1.165) is 45.1 Å². The number of carboxylic acids is 1. The first-order valence-corrected chi connectivity index (χ1v) is 11.8. The van der Waals surface area contributed by atoms with Crippen LogP contribution in [0.15, 0.2) is 4.99 Å². The predicted octanol–water partition coefficient (Wildman–Crippen LogP) is -0.0245. The van der Waals surface area contributed by atoms with Crippen molar-refractivity contribution >= 4 is 30.0 Å². The van der Waals surface area contributed by atoms with Crippen molar-refractivity contribution in [2.75, 3.05) is 26.2 Å². The number of carboxylic acid groups (broad SMARTS) is 1. The van der Waals surface area contributed by atoms with Gasteiger partial charge in [0, 0.05) is 13.1 Å². The number of amides is 2. The highest BCUT2D eigenvalue weighted by molar-refractivity contribution is 5.91. The minimum atomic E-state index is -1.01. The predicted molar refractivity (Wildman–Crippen MR) is 125 cm³/mol. The fourth-order valence-corrected chi connectivity index (χ4v) is 4.24. The molecular formula is C22H40N6O5. The molecule has 11 nitrogen and oxygen atoms in total. The summed E-state index contributed by atoms with van der Waals surface area (Å²) in [5.41, 5.74) is 10.0. The first-order chi connectivity index (χ1) is 15.8. The highest BCUT2D eigenvalue weighted by atomic mass is 16.4. The van der Waals surface area contributed by atoms with Gasteiger partial charge >= 0.3 is 5.97 Å². The van der Waals surface area contributed by atoms with E-state index in [9.17, 15) is 19.2 Å². The number of likely N-dealkylation sites (tertiary alicyclic amines) is 1. The van der Waals surface area contributed by atoms with E-state index in [1.807, 2.05) is 6.92 Å². The molecule has 2 atom stereocenters. The Morgan fingerprint density at radius 3 is 2.39 bits per heavy atom. The SMILES string of the molecule is CCCN=C(N)N.O=CCNC(=O)[C@@H]1CCCN1C(=O)C(CC1CCCCC1)NCC(=O)O. The third kappa shape index (κ3) is 11.1. The lowest BCUT2D eigenvalue weighted by atomic mass is 9.84. The summed E-state index contributed by atoms with van der Waals surface area (Å²) in [5, 5.41) is 14.3. The Morgan fingerprint density at radius 1 is 1.15 bits per heavy atom. The molecule has 11 heteroatoms. The number of aliphatic carboxylic acids is 1. The number of carbonyl (C=O) groups excluding carboxylic acids is 3. The van der Waals surface area contributed by atoms with Crippen molar-refractivity contribution in [2.45, 2.75) is 76.8 Å². The number of nitrogens with zero attached hydrogens (tertiary/aromatic N) is 2. The molecule has 1 heterocycles. The van der Waals surface area contributed by atoms with Gasteiger partial charge in [-0.3, -0.25) is 24.7 Å². The molecule has 1 aliphatic heterocycles. The Labute approximate surface area is 195 Å². The van der Waals surface area contributed by atoms with E-state index in [0.29, 0.717) is 31.6 Å². The van der Waals surface area contributed by atoms with Gasteiger partial charge in [0.2, 0.25) is 11.8 Å². The average Bonchev–Trinajstić information content (AvgIpc) is 3.29. The van der Waals surface area contributed by atoms with E-state index in [2.05, 4.69) is 15.6 Å². The Morgan fingerprint density at radius 2 is 1.85 bits per heavy atom. The van der Waals surface area contributed by atoms with Gasteiger partial charge in [-0.1, -0.05) is 39.0 Å². The number of hydrogen-bond donors (Lipinski definition) is 5. The normalized spacial score (nSPS) is 19.1. The van der Waals surface area contributed by atoms with E-state index in [4.69, 9.17) is 16.6 Å². The van der Waals surface area contributed by atoms with Crippen molar-refractivity contribution < 1.29 is 24.3 Å². The van der Waals surface area contributed by atoms with Gasteiger partial charge < -0.3 is 31.6 Å². The quantitative estimate of drug-likeness (QED) is 0.159. The first-order valence-electron chi connectivity index (χ1n) is 11.8. The third-order valence-corrected chi connectivity index (χ3v) is 5.81. The summed E-state index contributed by atoms with van der Waals surface area (Å²) in [5.74, 6) is -0.947. The van der Waals surface area contributed by atoms with Gasteiger partial charge in [0.1, 0.15) is 12.3 Å². The number of carbonyl (C=O) groups is 4. The van der Waals surface area contributed by atoms with Crippen molar-refractivity contribution in [3.05, 3.63) is 0 Å². The van der Waals surface area contributed by atoms with Gasteiger partial charge in [0.15, 0.2) is 5.96 Å². The Bertz CT molecular complexity index is 662. The van der Waals surface area contributed by atoms with Crippen LogP contribution in [0.2, 0.25) is 0 Å². The van der Waals surface area contributed by atoms with E-state index in [-0.39, 0.29) is 30.9 Å². The van der Waals surface area contributed by atoms with Crippen LogP contribution in [0.25, 0.3) is 0 Å². The molecule has 2 aliphatic rings. The van der Waals surface area contributed by atoms with E-state index >= 15 is 0 Å². The molecule has 0 aromatic rings. The number of nitrogens with two attached hydrogens (primary N) is 2. The maximum absolute atomic E-state index is 13.0. The zero-order valence-corrected chi connectivity index (χ0v) is 19.6. The zero-order valence-electron chi connectivity index (χ0n) is 19.6. The zero-order chi connectivity index (χ0) is 24.6. The van der Waals surface area contributed by atoms with Crippen LogP contribution in [-0.2, 0) is 19.2 Å². The van der Waals surface area contributed by atoms with Crippen molar-refractivity contribution in [2.24, 2.45) is 22.4 Å². The van der Waals surface area contributed by atoms with Gasteiger partial charge in [-0.05, 0) is 31.6 Å². The van der Waals surface area contributed by atoms with Crippen molar-refractivity contribution in [3.8, 4) is 0 Å². The van der Waals surface area contributed by atoms with E-state index < -0.39 is 18.1 Å². The molecule has 0 radical (unpaired) electrons. The van der Waals surface area contributed by atoms with Crippen LogP contribution < -0.4 is 22.1 Å². The smallest absolute Gasteiger partial charge is 0.317 e. The average molecular weight is 469 g/mol. The lowest BCUT2D eigenvalue weighted by Gasteiger charge is -2.31. The van der Waals surface area contributed by atoms with Crippen molar-refractivity contribution in [1.29, 1.82) is 0 Å². The minimum absolute atomic E-state index is 0.0693. The molecule has 0 bridgehead atoms. The molecule has 1 saturated carbocycles. The van der Waals surface area contributed by atoms with Crippen LogP contribution in [-0.4, -0.2) is 78.3 Å². The number of rotatable bonds is 11. The summed E-state index contributed by atoms with van der Waals surface area (Å²) < 4.78 is 0. The van der Waals surface area contributed by atoms with Gasteiger partial charge in [0.05, 0.1) is 19.1 Å². The van der Waals surface area contributed by atoms with E-state index in [1.54, 1.807) is 4.90 Å². The van der Waals surface area contributed by atoms with Gasteiger partial charge in [-0.25, -0.2) is 0 Å². The van der Waals surface area contributed by atoms with Crippen LogP contribution in [0.5, 0.6) is 0 Å². The molecular weight excluding hydrogens is 428 g/mol. The second-order valence-electron chi connectivity index (χ2n) is 8.48. The summed E-state index contributed by atoms with van der Waals surface area (Å²) in [6, 6.07) is -1.17. The molecule has 2 fully saturated rings. The lowest BCUT2D eigenvalue weighted by molar-refractivity contribution is -0.141. The second-order valence-corrected chi connectivity index (χ2v) is 8.48. The van der Waals surface area contributed by atoms with Crippen LogP contribution in [0.4, 0.5) is 0 Å². The summed E-state index contributed by atoms with van der Waals surface area (Å²) in [6.45, 7) is 2.89. The number of aliphatic imine (C=N–C) groups is 1. The highest BCUT2D eigenvalue weighted by Crippen LogP contribution is 2.28. The third-order valence-electron chi connectivity index (χ3n) is 5.81. The number of guanidine groups is 1. The molecule has 1 unspecified atom stereocenters. The fraction of sp³-hybridized carbons (Fsp3) is 0.773. The van der Waals surface area contributed by atoms with Gasteiger partial charge in [-0.15, -0.1) is 0 Å². The Balaban J connectivity index is 0.000000675. The standard InChI is InChI=1S/C18H29N3O5.C4H11N3/c22-10-8-19-17(25)15-7-4-9-21(15)18(26)14(20-12-16(23)24)11-13-5-2-1-3-6-13;1-2-3-7-4(5)6/h10,13-15,20H,1-9,11-12H2,(H,19,25)(H,23,24);2-3H2,1H3,(H4,5,6,7)/t14?,15-;/m0./s1. The summed E-state index contributed by atoms with van der Waals surface area (Å²) in [6.07, 6.45) is 9.11. The Hall–Kier alpha value is -2.69. The molecule has 0 spiro atoms. The second kappa shape index (κ2) is 16.0. The van der Waals surface area contributed by atoms with Crippen LogP contribution in [0.3, 0.4) is 0 Å². The van der Waals surface area contributed by atoms with Crippen LogP contribution >= 0.6 is 0 Å². The Kier molecular flexibility index (Phi) is 13.7. The molecule has 33 heavy (non-hydrogen) atoms. The molecule has 0 aromatic heterocycles. The molecule has 188 valence electrons. The lowest BCUT2D eigenvalue weighted by Crippen LogP contribution is -2.53. The van der Waals surface area contributed by atoms with Crippen molar-refractivity contribution in [1.82, 2.24) is 15.5 Å². The molecule has 1 saturated heterocycles. The van der Waals surface area contributed by atoms with Gasteiger partial charge in [0.25, 0.3) is 0 Å². The first kappa shape index (κ1) is 28.3. The number of aldehydes is 1. The molecule has 1 aliphatic carbocycles. The van der Waals surface area contributed by atoms with Crippen molar-refractivity contribution in [3.63, 3.8) is 0 Å². The highest BCUT2D eigenvalue weighted by Gasteiger charge is 2.37. The van der Waals surface area contributed by atoms with Gasteiger partial charge in [-0.2, -0.15) is 0 Å². The molecule has 2 amide bonds. The molecule has 0 aromatic carbocycles. The van der Waals surface area contributed by atoms with Crippen LogP contribution in [0.1, 0.15) is 64.7 Å². The fourth-order valence-electron chi connectivity index (χ4n) is 4.24. The maximum atomic E-state index is 13.0. The number of hydrogen-bond acceptors (Lipinski definition) is 6. The molecule has 7 N–H and O–H groups in total. The summed E-state index contributed by atoms with van der Waals surface area (Å²) in [4.78, 5) is 51.9. The minimum Gasteiger partial charge on any atom is -0.480 e. The summed E-state index contributed by atoms with van der Waals surface area (Å²) >= 11 is 0. The van der Waals surface area contributed by atoms with E-state index in [1.165, 1.54) is 6.42 Å². The molecule has 2 rings (SSSR count). The monoisotopic (exact) mass is 468 g/mol. The largest absolute Gasteiger partial charge is 0.480 e.